The van der Waals surface area contributed by atoms with Crippen LogP contribution in [0.4, 0.5) is 5.69 Å². The largest absolute Gasteiger partial charge is 0.357 e. The van der Waals surface area contributed by atoms with Gasteiger partial charge in [0.2, 0.25) is 0 Å². The molecule has 2 rings (SSSR count). The van der Waals surface area contributed by atoms with Crippen LogP contribution in [0.1, 0.15) is 20.3 Å². The van der Waals surface area contributed by atoms with E-state index in [-0.39, 0.29) is 5.69 Å². The zero-order valence-electron chi connectivity index (χ0n) is 12.0. The number of likely N-dealkylation sites (tertiary alicyclic amines) is 1. The van der Waals surface area contributed by atoms with Gasteiger partial charge >= 0.3 is 0 Å². The van der Waals surface area contributed by atoms with E-state index in [9.17, 15) is 10.1 Å². The topological polar surface area (TPSA) is 69.2 Å². The van der Waals surface area contributed by atoms with Gasteiger partial charge in [0.05, 0.1) is 30.3 Å². The lowest BCUT2D eigenvalue weighted by Gasteiger charge is -2.31. The third-order valence-corrected chi connectivity index (χ3v) is 3.87. The van der Waals surface area contributed by atoms with Gasteiger partial charge in [-0.25, -0.2) is 0 Å². The number of nitrogens with one attached hydrogen (secondary N) is 1. The number of hydrogen-bond donors (Lipinski definition) is 1. The summed E-state index contributed by atoms with van der Waals surface area (Å²) in [5.74, 6) is 0.915. The fourth-order valence-electron chi connectivity index (χ4n) is 2.36. The Hall–Kier alpha value is -1.95. The van der Waals surface area contributed by atoms with Crippen molar-refractivity contribution in [3.8, 4) is 5.75 Å². The Morgan fingerprint density at radius 1 is 1.35 bits per heavy atom. The zero-order chi connectivity index (χ0) is 14.7. The predicted octanol–water partition coefficient (Wildman–Crippen LogP) is 1.27. The van der Waals surface area contributed by atoms with Crippen LogP contribution in [-0.2, 0) is 0 Å². The molecule has 0 aliphatic carbocycles. The van der Waals surface area contributed by atoms with E-state index in [1.54, 1.807) is 12.1 Å². The van der Waals surface area contributed by atoms with Crippen molar-refractivity contribution in [1.29, 1.82) is 0 Å². The number of non-ortho nitro benzene ring substituents is 1. The van der Waals surface area contributed by atoms with E-state index in [1.807, 2.05) is 0 Å². The Kier molecular flexibility index (Phi) is 4.34. The highest BCUT2D eigenvalue weighted by Gasteiger charge is 2.29. The number of nitrogens with zero attached hydrogens (tertiary/aromatic N) is 2. The molecule has 108 valence electrons. The number of nitro benzene ring substituents is 1. The van der Waals surface area contributed by atoms with Crippen molar-refractivity contribution in [1.82, 2.24) is 0 Å². The van der Waals surface area contributed by atoms with Crippen molar-refractivity contribution in [2.75, 3.05) is 13.6 Å². The van der Waals surface area contributed by atoms with Gasteiger partial charge in [-0.1, -0.05) is 12.1 Å². The molecule has 1 aliphatic rings. The summed E-state index contributed by atoms with van der Waals surface area (Å²) < 4.78 is 0. The zero-order valence-corrected chi connectivity index (χ0v) is 12.0. The monoisotopic (exact) mass is 278 g/mol. The first-order valence-corrected chi connectivity index (χ1v) is 6.78. The molecule has 1 aromatic rings. The molecule has 6 nitrogen and oxygen atoms in total. The van der Waals surface area contributed by atoms with Gasteiger partial charge in [-0.05, 0) is 19.1 Å². The molecule has 0 spiro atoms. The number of rotatable bonds is 3. The maximum absolute atomic E-state index is 10.6. The van der Waals surface area contributed by atoms with E-state index in [4.69, 9.17) is 4.84 Å². The summed E-state index contributed by atoms with van der Waals surface area (Å²) in [6.45, 7) is 5.39. The molecule has 1 unspecified atom stereocenters. The van der Waals surface area contributed by atoms with Gasteiger partial charge in [0.1, 0.15) is 0 Å². The van der Waals surface area contributed by atoms with Gasteiger partial charge in [-0.15, -0.1) is 0 Å². The molecular formula is C14H20N3O3+. The highest BCUT2D eigenvalue weighted by molar-refractivity contribution is 5.87. The van der Waals surface area contributed by atoms with E-state index in [0.29, 0.717) is 17.7 Å². The third-order valence-electron chi connectivity index (χ3n) is 3.87. The van der Waals surface area contributed by atoms with E-state index in [2.05, 4.69) is 26.1 Å². The van der Waals surface area contributed by atoms with Gasteiger partial charge in [0, 0.05) is 24.5 Å². The Balaban J connectivity index is 2.03. The van der Waals surface area contributed by atoms with Gasteiger partial charge < -0.3 is 9.74 Å². The normalized spacial score (nSPS) is 28.4. The molecule has 1 heterocycles. The average molecular weight is 278 g/mol. The number of oxime groups is 1. The van der Waals surface area contributed by atoms with Gasteiger partial charge in [-0.3, -0.25) is 10.1 Å². The van der Waals surface area contributed by atoms with Gasteiger partial charge in [0.25, 0.3) is 5.69 Å². The summed E-state index contributed by atoms with van der Waals surface area (Å²) >= 11 is 0. The summed E-state index contributed by atoms with van der Waals surface area (Å²) in [5.41, 5.74) is 1.11. The van der Waals surface area contributed by atoms with Crippen LogP contribution >= 0.6 is 0 Å². The standard InChI is InChI=1S/C14H19N3O3/c1-10-9-16(3)11(2)8-14(10)15-20-13-6-4-12(5-7-13)17(18)19/h4-7,10-11H,8-9H2,1-3H3/p+1/b15-14-/t10-,11-/m1/s1. The van der Waals surface area contributed by atoms with Crippen LogP contribution in [0.25, 0.3) is 0 Å². The Labute approximate surface area is 118 Å². The fourth-order valence-corrected chi connectivity index (χ4v) is 2.36. The quantitative estimate of drug-likeness (QED) is 0.668. The lowest BCUT2D eigenvalue weighted by Crippen LogP contribution is -3.14. The summed E-state index contributed by atoms with van der Waals surface area (Å²) in [6, 6.07) is 6.50. The second-order valence-corrected chi connectivity index (χ2v) is 5.48. The molecule has 1 saturated heterocycles. The van der Waals surface area contributed by atoms with Crippen molar-refractivity contribution in [3.63, 3.8) is 0 Å². The molecule has 1 N–H and O–H groups in total. The molecule has 0 saturated carbocycles. The van der Waals surface area contributed by atoms with E-state index in [1.165, 1.54) is 17.0 Å². The van der Waals surface area contributed by atoms with Crippen LogP contribution in [-0.4, -0.2) is 30.3 Å². The molecule has 1 aromatic carbocycles. The van der Waals surface area contributed by atoms with Crippen LogP contribution < -0.4 is 9.74 Å². The minimum Gasteiger partial charge on any atom is -0.357 e. The maximum Gasteiger partial charge on any atom is 0.269 e. The molecule has 0 bridgehead atoms. The second kappa shape index (κ2) is 6.00. The second-order valence-electron chi connectivity index (χ2n) is 5.48. The first kappa shape index (κ1) is 14.5. The van der Waals surface area contributed by atoms with Gasteiger partial charge in [-0.2, -0.15) is 0 Å². The average Bonchev–Trinajstić information content (AvgIpc) is 2.42. The van der Waals surface area contributed by atoms with E-state index < -0.39 is 4.92 Å². The predicted molar refractivity (Wildman–Crippen MR) is 76.2 cm³/mol. The summed E-state index contributed by atoms with van der Waals surface area (Å²) in [7, 11) is 2.19. The summed E-state index contributed by atoms with van der Waals surface area (Å²) in [4.78, 5) is 17.0. The minimum atomic E-state index is -0.431. The van der Waals surface area contributed by atoms with Crippen LogP contribution in [0, 0.1) is 16.0 Å². The summed E-state index contributed by atoms with van der Waals surface area (Å²) in [5, 5.41) is 14.8. The van der Waals surface area contributed by atoms with E-state index in [0.717, 1.165) is 18.7 Å². The number of quaternary nitrogens is 1. The molecule has 0 amide bonds. The molecule has 0 radical (unpaired) electrons. The molecule has 3 atom stereocenters. The van der Waals surface area contributed by atoms with Crippen molar-refractivity contribution >= 4 is 11.4 Å². The number of nitro groups is 1. The molecule has 0 aromatic heterocycles. The fraction of sp³-hybridized carbons (Fsp3) is 0.500. The first-order valence-electron chi connectivity index (χ1n) is 6.78. The highest BCUT2D eigenvalue weighted by atomic mass is 16.6. The van der Waals surface area contributed by atoms with E-state index >= 15 is 0 Å². The smallest absolute Gasteiger partial charge is 0.269 e. The van der Waals surface area contributed by atoms with Crippen LogP contribution in [0.2, 0.25) is 0 Å². The number of hydrogen-bond acceptors (Lipinski definition) is 4. The van der Waals surface area contributed by atoms with Crippen molar-refractivity contribution in [2.24, 2.45) is 11.1 Å². The molecule has 6 heteroatoms. The lowest BCUT2D eigenvalue weighted by molar-refractivity contribution is -0.908. The maximum atomic E-state index is 10.6. The Morgan fingerprint density at radius 3 is 2.60 bits per heavy atom. The van der Waals surface area contributed by atoms with Crippen LogP contribution in [0.5, 0.6) is 5.75 Å². The van der Waals surface area contributed by atoms with Crippen LogP contribution in [0.15, 0.2) is 29.4 Å². The molecule has 1 aliphatic heterocycles. The molecule has 1 fully saturated rings. The van der Waals surface area contributed by atoms with Crippen molar-refractivity contribution in [3.05, 3.63) is 34.4 Å². The Bertz CT molecular complexity index is 513. The lowest BCUT2D eigenvalue weighted by atomic mass is 9.93. The SMILES string of the molecule is C[C@@H]1C[NH+](C)[C@H](C)C/C1=N/Oc1ccc([N+](=O)[O-])cc1. The molecular weight excluding hydrogens is 258 g/mol. The summed E-state index contributed by atoms with van der Waals surface area (Å²) in [6.07, 6.45) is 0.917. The van der Waals surface area contributed by atoms with Crippen molar-refractivity contribution < 1.29 is 14.7 Å². The van der Waals surface area contributed by atoms with Crippen LogP contribution in [0.3, 0.4) is 0 Å². The third kappa shape index (κ3) is 3.33. The number of piperidine rings is 1. The first-order chi connectivity index (χ1) is 9.47. The highest BCUT2D eigenvalue weighted by Crippen LogP contribution is 2.18. The molecule has 20 heavy (non-hydrogen) atoms. The number of benzene rings is 1. The van der Waals surface area contributed by atoms with Crippen molar-refractivity contribution in [2.45, 2.75) is 26.3 Å². The van der Waals surface area contributed by atoms with Gasteiger partial charge in [0.15, 0.2) is 5.75 Å². The Morgan fingerprint density at radius 2 is 2.00 bits per heavy atom. The minimum absolute atomic E-state index is 0.0508.